The van der Waals surface area contributed by atoms with Gasteiger partial charge in [0.1, 0.15) is 5.82 Å². The van der Waals surface area contributed by atoms with E-state index in [9.17, 15) is 5.26 Å². The number of benzene rings is 4. The summed E-state index contributed by atoms with van der Waals surface area (Å²) in [6.45, 7) is 5.00. The Morgan fingerprint density at radius 3 is 2.42 bits per heavy atom. The molecule has 0 bridgehead atoms. The second-order valence-corrected chi connectivity index (χ2v) is 9.61. The summed E-state index contributed by atoms with van der Waals surface area (Å²) in [4.78, 5) is 4.93. The largest absolute Gasteiger partial charge is 0.324 e. The van der Waals surface area contributed by atoms with Gasteiger partial charge in [-0.05, 0) is 88.9 Å². The van der Waals surface area contributed by atoms with E-state index in [-0.39, 0.29) is 0 Å². The van der Waals surface area contributed by atoms with Gasteiger partial charge >= 0.3 is 0 Å². The topological polar surface area (TPSA) is 41.6 Å². The second-order valence-electron chi connectivity index (χ2n) is 9.61. The lowest BCUT2D eigenvalue weighted by atomic mass is 9.93. The molecular weight excluding hydrogens is 438 g/mol. The Labute approximate surface area is 212 Å². The van der Waals surface area contributed by atoms with Crippen molar-refractivity contribution in [2.75, 3.05) is 0 Å². The third kappa shape index (κ3) is 3.82. The molecular formula is C33H27N3. The van der Waals surface area contributed by atoms with Gasteiger partial charge in [-0.1, -0.05) is 72.8 Å². The number of hydrogen-bond donors (Lipinski definition) is 0. The van der Waals surface area contributed by atoms with Crippen LogP contribution in [-0.2, 0) is 19.4 Å². The summed E-state index contributed by atoms with van der Waals surface area (Å²) >= 11 is 0. The Balaban J connectivity index is 1.42. The summed E-state index contributed by atoms with van der Waals surface area (Å²) in [5, 5.41) is 9.51. The molecule has 1 heterocycles. The van der Waals surface area contributed by atoms with E-state index in [0.717, 1.165) is 36.3 Å². The van der Waals surface area contributed by atoms with E-state index in [4.69, 9.17) is 4.98 Å². The molecule has 0 spiro atoms. The number of rotatable bonds is 3. The van der Waals surface area contributed by atoms with E-state index in [1.54, 1.807) is 6.08 Å². The van der Waals surface area contributed by atoms with Crippen molar-refractivity contribution in [3.8, 4) is 17.2 Å². The molecule has 6 rings (SSSR count). The molecule has 0 radical (unpaired) electrons. The molecule has 4 aromatic carbocycles. The average molecular weight is 466 g/mol. The van der Waals surface area contributed by atoms with Gasteiger partial charge in [0.2, 0.25) is 0 Å². The van der Waals surface area contributed by atoms with Crippen LogP contribution in [0.5, 0.6) is 0 Å². The number of imidazole rings is 1. The van der Waals surface area contributed by atoms with Gasteiger partial charge < -0.3 is 4.57 Å². The Morgan fingerprint density at radius 1 is 0.833 bits per heavy atom. The summed E-state index contributed by atoms with van der Waals surface area (Å²) in [7, 11) is 0. The van der Waals surface area contributed by atoms with E-state index in [2.05, 4.69) is 109 Å². The number of allylic oxidation sites excluding steroid dienone is 1. The van der Waals surface area contributed by atoms with Gasteiger partial charge in [-0.2, -0.15) is 5.26 Å². The van der Waals surface area contributed by atoms with E-state index in [1.807, 2.05) is 0 Å². The molecule has 0 saturated heterocycles. The van der Waals surface area contributed by atoms with Crippen LogP contribution in [0.2, 0.25) is 0 Å². The van der Waals surface area contributed by atoms with Crippen LogP contribution in [0.4, 0.5) is 0 Å². The summed E-state index contributed by atoms with van der Waals surface area (Å²) in [6, 6.07) is 32.5. The molecule has 0 saturated carbocycles. The van der Waals surface area contributed by atoms with Gasteiger partial charge in [-0.15, -0.1) is 0 Å². The standard InChI is InChI=1S/C33H27N3/c1-22-18-28(25-8-4-3-5-9-25)20-32-33(22)35-23(2)36(32)21-24-12-15-30-27(19-24)14-13-26-10-6-7-11-29(26)31(30)16-17-34/h3-12,15-16,18-20H,13-14,21H2,1-2H3. The maximum Gasteiger partial charge on any atom is 0.107 e. The number of aromatic nitrogens is 2. The van der Waals surface area contributed by atoms with Crippen molar-refractivity contribution >= 4 is 16.6 Å². The van der Waals surface area contributed by atoms with E-state index in [0.29, 0.717) is 0 Å². The lowest BCUT2D eigenvalue weighted by Gasteiger charge is -2.14. The molecule has 174 valence electrons. The van der Waals surface area contributed by atoms with Gasteiger partial charge in [0.05, 0.1) is 17.1 Å². The Morgan fingerprint density at radius 2 is 1.58 bits per heavy atom. The SMILES string of the molecule is Cc1cc(-c2ccccc2)cc2c1nc(C)n2Cc1ccc2c(c1)CCc1ccccc1C2=CC#N. The van der Waals surface area contributed by atoms with Gasteiger partial charge in [-0.25, -0.2) is 4.98 Å². The first kappa shape index (κ1) is 22.1. The Hall–Kier alpha value is -4.42. The van der Waals surface area contributed by atoms with Crippen molar-refractivity contribution in [3.05, 3.63) is 130 Å². The zero-order chi connectivity index (χ0) is 24.6. The first-order chi connectivity index (χ1) is 17.6. The molecule has 0 atom stereocenters. The van der Waals surface area contributed by atoms with Crippen LogP contribution in [0.3, 0.4) is 0 Å². The molecule has 3 nitrogen and oxygen atoms in total. The zero-order valence-corrected chi connectivity index (χ0v) is 20.6. The van der Waals surface area contributed by atoms with Crippen LogP contribution >= 0.6 is 0 Å². The Bertz CT molecular complexity index is 1680. The van der Waals surface area contributed by atoms with Crippen molar-refractivity contribution in [2.45, 2.75) is 33.2 Å². The highest BCUT2D eigenvalue weighted by Crippen LogP contribution is 2.34. The minimum Gasteiger partial charge on any atom is -0.324 e. The molecule has 0 N–H and O–H groups in total. The Kier molecular flexibility index (Phi) is 5.51. The van der Waals surface area contributed by atoms with Gasteiger partial charge in [0.25, 0.3) is 0 Å². The highest BCUT2D eigenvalue weighted by Gasteiger charge is 2.19. The fraction of sp³-hybridized carbons (Fsp3) is 0.152. The van der Waals surface area contributed by atoms with Crippen molar-refractivity contribution in [1.29, 1.82) is 5.26 Å². The van der Waals surface area contributed by atoms with E-state index < -0.39 is 0 Å². The predicted octanol–water partition coefficient (Wildman–Crippen LogP) is 7.42. The molecule has 0 aliphatic heterocycles. The molecule has 1 aromatic heterocycles. The molecule has 0 amide bonds. The summed E-state index contributed by atoms with van der Waals surface area (Å²) in [5.74, 6) is 1.02. The molecule has 1 aliphatic carbocycles. The van der Waals surface area contributed by atoms with Crippen LogP contribution in [0, 0.1) is 25.2 Å². The molecule has 0 fully saturated rings. The first-order valence-electron chi connectivity index (χ1n) is 12.5. The fourth-order valence-electron chi connectivity index (χ4n) is 5.54. The first-order valence-corrected chi connectivity index (χ1v) is 12.5. The normalized spacial score (nSPS) is 13.8. The van der Waals surface area contributed by atoms with Crippen molar-refractivity contribution < 1.29 is 0 Å². The third-order valence-corrected chi connectivity index (χ3v) is 7.32. The predicted molar refractivity (Wildman–Crippen MR) is 147 cm³/mol. The highest BCUT2D eigenvalue weighted by atomic mass is 15.1. The zero-order valence-electron chi connectivity index (χ0n) is 20.6. The maximum atomic E-state index is 9.51. The van der Waals surface area contributed by atoms with Crippen molar-refractivity contribution in [2.24, 2.45) is 0 Å². The number of aryl methyl sites for hydroxylation is 4. The quantitative estimate of drug-likeness (QED) is 0.260. The van der Waals surface area contributed by atoms with E-state index in [1.165, 1.54) is 50.0 Å². The molecule has 36 heavy (non-hydrogen) atoms. The van der Waals surface area contributed by atoms with Crippen LogP contribution in [0.15, 0.2) is 91.0 Å². The lowest BCUT2D eigenvalue weighted by Crippen LogP contribution is -2.04. The van der Waals surface area contributed by atoms with Gasteiger partial charge in [-0.3, -0.25) is 0 Å². The van der Waals surface area contributed by atoms with Crippen LogP contribution < -0.4 is 0 Å². The molecule has 3 heteroatoms. The monoisotopic (exact) mass is 465 g/mol. The number of nitrogens with zero attached hydrogens (tertiary/aromatic N) is 3. The third-order valence-electron chi connectivity index (χ3n) is 7.32. The average Bonchev–Trinajstić information content (AvgIpc) is 3.13. The maximum absolute atomic E-state index is 9.51. The molecule has 5 aromatic rings. The van der Waals surface area contributed by atoms with Crippen LogP contribution in [-0.4, -0.2) is 9.55 Å². The number of fused-ring (bicyclic) bond motifs is 3. The van der Waals surface area contributed by atoms with E-state index >= 15 is 0 Å². The fourth-order valence-corrected chi connectivity index (χ4v) is 5.54. The number of hydrogen-bond acceptors (Lipinski definition) is 2. The summed E-state index contributed by atoms with van der Waals surface area (Å²) in [6.07, 6.45) is 3.63. The van der Waals surface area contributed by atoms with Crippen molar-refractivity contribution in [1.82, 2.24) is 9.55 Å². The highest BCUT2D eigenvalue weighted by molar-refractivity contribution is 5.87. The van der Waals surface area contributed by atoms with Gasteiger partial charge in [0.15, 0.2) is 0 Å². The summed E-state index contributed by atoms with van der Waals surface area (Å²) < 4.78 is 2.33. The van der Waals surface area contributed by atoms with Gasteiger partial charge in [0, 0.05) is 12.6 Å². The molecule has 0 unspecified atom stereocenters. The minimum atomic E-state index is 0.761. The van der Waals surface area contributed by atoms with Crippen LogP contribution in [0.25, 0.3) is 27.7 Å². The second kappa shape index (κ2) is 8.98. The summed E-state index contributed by atoms with van der Waals surface area (Å²) in [5.41, 5.74) is 13.1. The molecule has 1 aliphatic rings. The minimum absolute atomic E-state index is 0.761. The number of nitriles is 1. The smallest absolute Gasteiger partial charge is 0.107 e. The lowest BCUT2D eigenvalue weighted by molar-refractivity contribution is 0.784. The van der Waals surface area contributed by atoms with Crippen molar-refractivity contribution in [3.63, 3.8) is 0 Å². The van der Waals surface area contributed by atoms with Crippen LogP contribution in [0.1, 0.15) is 39.2 Å².